The van der Waals surface area contributed by atoms with E-state index in [4.69, 9.17) is 5.73 Å². The zero-order valence-corrected chi connectivity index (χ0v) is 11.6. The summed E-state index contributed by atoms with van der Waals surface area (Å²) in [5, 5.41) is 0. The van der Waals surface area contributed by atoms with Crippen molar-refractivity contribution >= 4 is 15.7 Å². The molecule has 2 unspecified atom stereocenters. The van der Waals surface area contributed by atoms with Crippen molar-refractivity contribution in [2.75, 3.05) is 18.1 Å². The maximum absolute atomic E-state index is 12.2. The predicted molar refractivity (Wildman–Crippen MR) is 67.3 cm³/mol. The monoisotopic (exact) mass is 262 g/mol. The molecule has 1 saturated heterocycles. The lowest BCUT2D eigenvalue weighted by Crippen LogP contribution is -2.59. The van der Waals surface area contributed by atoms with Crippen LogP contribution in [0, 0.1) is 0 Å². The third-order valence-corrected chi connectivity index (χ3v) is 4.98. The number of rotatable bonds is 3. The van der Waals surface area contributed by atoms with Gasteiger partial charge in [-0.25, -0.2) is 8.42 Å². The molecule has 0 bridgehead atoms. The van der Waals surface area contributed by atoms with Gasteiger partial charge in [-0.15, -0.1) is 0 Å². The van der Waals surface area contributed by atoms with Gasteiger partial charge in [0.15, 0.2) is 9.84 Å². The summed E-state index contributed by atoms with van der Waals surface area (Å²) in [6.07, 6.45) is 1.45. The summed E-state index contributed by atoms with van der Waals surface area (Å²) in [5.74, 6) is -0.0478. The molecule has 1 amide bonds. The highest BCUT2D eigenvalue weighted by Gasteiger charge is 2.38. The molecular weight excluding hydrogens is 240 g/mol. The molecule has 1 aliphatic heterocycles. The van der Waals surface area contributed by atoms with Crippen molar-refractivity contribution in [2.45, 2.75) is 45.2 Å². The van der Waals surface area contributed by atoms with Gasteiger partial charge in [-0.1, -0.05) is 13.3 Å². The lowest BCUT2D eigenvalue weighted by Gasteiger charge is -2.38. The van der Waals surface area contributed by atoms with Crippen molar-refractivity contribution in [3.05, 3.63) is 0 Å². The van der Waals surface area contributed by atoms with E-state index >= 15 is 0 Å². The SMILES string of the molecule is CCCC(C)(N)C(=O)N1CCS(=O)(=O)CC1C. The summed E-state index contributed by atoms with van der Waals surface area (Å²) >= 11 is 0. The average Bonchev–Trinajstić information content (AvgIpc) is 2.15. The standard InChI is InChI=1S/C11H22N2O3S/c1-4-5-11(3,12)10(14)13-6-7-17(15,16)8-9(13)2/h9H,4-8,12H2,1-3H3. The van der Waals surface area contributed by atoms with Crippen molar-refractivity contribution in [3.8, 4) is 0 Å². The Morgan fingerprint density at radius 1 is 1.53 bits per heavy atom. The average molecular weight is 262 g/mol. The molecule has 0 aromatic carbocycles. The fourth-order valence-corrected chi connectivity index (χ4v) is 3.81. The Hall–Kier alpha value is -0.620. The number of hydrogen-bond donors (Lipinski definition) is 1. The fraction of sp³-hybridized carbons (Fsp3) is 0.909. The Kier molecular flexibility index (Phi) is 4.19. The molecule has 1 rings (SSSR count). The van der Waals surface area contributed by atoms with Crippen molar-refractivity contribution in [1.82, 2.24) is 4.90 Å². The first-order valence-electron chi connectivity index (χ1n) is 6.00. The van der Waals surface area contributed by atoms with Crippen LogP contribution in [0.5, 0.6) is 0 Å². The molecule has 0 saturated carbocycles. The molecule has 1 heterocycles. The van der Waals surface area contributed by atoms with Gasteiger partial charge >= 0.3 is 0 Å². The second-order valence-electron chi connectivity index (χ2n) is 5.13. The van der Waals surface area contributed by atoms with Crippen molar-refractivity contribution in [1.29, 1.82) is 0 Å². The fourth-order valence-electron chi connectivity index (χ4n) is 2.25. The Balaban J connectivity index is 2.78. The van der Waals surface area contributed by atoms with Crippen LogP contribution in [0.25, 0.3) is 0 Å². The van der Waals surface area contributed by atoms with E-state index in [9.17, 15) is 13.2 Å². The van der Waals surface area contributed by atoms with Crippen LogP contribution >= 0.6 is 0 Å². The summed E-state index contributed by atoms with van der Waals surface area (Å²) in [6.45, 7) is 5.71. The smallest absolute Gasteiger partial charge is 0.242 e. The number of carbonyl (C=O) groups excluding carboxylic acids is 1. The molecule has 1 aliphatic rings. The Labute approximate surface area is 103 Å². The molecule has 0 spiro atoms. The van der Waals surface area contributed by atoms with E-state index in [0.717, 1.165) is 6.42 Å². The van der Waals surface area contributed by atoms with Gasteiger partial charge in [-0.3, -0.25) is 4.79 Å². The van der Waals surface area contributed by atoms with Crippen LogP contribution in [0.4, 0.5) is 0 Å². The zero-order chi connectivity index (χ0) is 13.3. The van der Waals surface area contributed by atoms with Crippen molar-refractivity contribution in [2.24, 2.45) is 5.73 Å². The number of amides is 1. The second kappa shape index (κ2) is 4.94. The van der Waals surface area contributed by atoms with Crippen LogP contribution in [0.3, 0.4) is 0 Å². The normalized spacial score (nSPS) is 27.5. The number of nitrogens with zero attached hydrogens (tertiary/aromatic N) is 1. The van der Waals surface area contributed by atoms with Gasteiger partial charge in [0, 0.05) is 12.6 Å². The minimum atomic E-state index is -2.99. The maximum atomic E-state index is 12.2. The van der Waals surface area contributed by atoms with Gasteiger partial charge in [-0.2, -0.15) is 0 Å². The molecule has 0 aliphatic carbocycles. The third-order valence-electron chi connectivity index (χ3n) is 3.19. The molecular formula is C11H22N2O3S. The van der Waals surface area contributed by atoms with Crippen LogP contribution in [0.2, 0.25) is 0 Å². The van der Waals surface area contributed by atoms with Crippen LogP contribution in [0.15, 0.2) is 0 Å². The van der Waals surface area contributed by atoms with Crippen molar-refractivity contribution < 1.29 is 13.2 Å². The van der Waals surface area contributed by atoms with Gasteiger partial charge in [0.1, 0.15) is 0 Å². The van der Waals surface area contributed by atoms with E-state index in [1.54, 1.807) is 18.7 Å². The summed E-state index contributed by atoms with van der Waals surface area (Å²) < 4.78 is 22.9. The number of nitrogens with two attached hydrogens (primary N) is 1. The van der Waals surface area contributed by atoms with Gasteiger partial charge in [0.05, 0.1) is 17.0 Å². The maximum Gasteiger partial charge on any atom is 0.242 e. The van der Waals surface area contributed by atoms with E-state index in [1.165, 1.54) is 0 Å². The minimum absolute atomic E-state index is 0.0426. The number of carbonyl (C=O) groups is 1. The summed E-state index contributed by atoms with van der Waals surface area (Å²) in [7, 11) is -2.99. The molecule has 2 N–H and O–H groups in total. The van der Waals surface area contributed by atoms with E-state index in [0.29, 0.717) is 6.42 Å². The summed E-state index contributed by atoms with van der Waals surface area (Å²) in [4.78, 5) is 13.8. The van der Waals surface area contributed by atoms with Crippen LogP contribution < -0.4 is 5.73 Å². The molecule has 17 heavy (non-hydrogen) atoms. The molecule has 6 heteroatoms. The van der Waals surface area contributed by atoms with Gasteiger partial charge in [0.2, 0.25) is 5.91 Å². The second-order valence-corrected chi connectivity index (χ2v) is 7.36. The molecule has 2 atom stereocenters. The lowest BCUT2D eigenvalue weighted by molar-refractivity contribution is -0.138. The Morgan fingerprint density at radius 3 is 2.59 bits per heavy atom. The lowest BCUT2D eigenvalue weighted by atomic mass is 9.95. The quantitative estimate of drug-likeness (QED) is 0.785. The van der Waals surface area contributed by atoms with E-state index in [1.807, 2.05) is 6.92 Å². The largest absolute Gasteiger partial charge is 0.336 e. The molecule has 0 aromatic rings. The first kappa shape index (κ1) is 14.4. The number of sulfone groups is 1. The van der Waals surface area contributed by atoms with Crippen LogP contribution in [-0.2, 0) is 14.6 Å². The van der Waals surface area contributed by atoms with E-state index < -0.39 is 15.4 Å². The Bertz CT molecular complexity index is 390. The van der Waals surface area contributed by atoms with Crippen LogP contribution in [0.1, 0.15) is 33.6 Å². The zero-order valence-electron chi connectivity index (χ0n) is 10.8. The first-order valence-corrected chi connectivity index (χ1v) is 7.82. The number of hydrogen-bond acceptors (Lipinski definition) is 4. The highest BCUT2D eigenvalue weighted by molar-refractivity contribution is 7.91. The van der Waals surface area contributed by atoms with E-state index in [2.05, 4.69) is 0 Å². The molecule has 0 radical (unpaired) electrons. The van der Waals surface area contributed by atoms with Crippen LogP contribution in [-0.4, -0.2) is 48.9 Å². The summed E-state index contributed by atoms with van der Waals surface area (Å²) in [5.41, 5.74) is 5.11. The molecule has 0 aromatic heterocycles. The predicted octanol–water partition coefficient (Wildman–Crippen LogP) is 0.149. The van der Waals surface area contributed by atoms with Crippen molar-refractivity contribution in [3.63, 3.8) is 0 Å². The third kappa shape index (κ3) is 3.42. The molecule has 1 fully saturated rings. The highest BCUT2D eigenvalue weighted by atomic mass is 32.2. The Morgan fingerprint density at radius 2 is 2.12 bits per heavy atom. The topological polar surface area (TPSA) is 80.5 Å². The summed E-state index contributed by atoms with van der Waals surface area (Å²) in [6, 6.07) is -0.277. The molecule has 5 nitrogen and oxygen atoms in total. The van der Waals surface area contributed by atoms with Gasteiger partial charge in [0.25, 0.3) is 0 Å². The first-order chi connectivity index (χ1) is 7.69. The van der Waals surface area contributed by atoms with Gasteiger partial charge in [-0.05, 0) is 20.3 Å². The van der Waals surface area contributed by atoms with E-state index in [-0.39, 0.29) is 30.0 Å². The highest BCUT2D eigenvalue weighted by Crippen LogP contribution is 2.18. The minimum Gasteiger partial charge on any atom is -0.336 e. The molecule has 100 valence electrons. The van der Waals surface area contributed by atoms with Gasteiger partial charge < -0.3 is 10.6 Å².